The topological polar surface area (TPSA) is 57.0 Å². The summed E-state index contributed by atoms with van der Waals surface area (Å²) in [7, 11) is 0. The fourth-order valence-electron chi connectivity index (χ4n) is 1.51. The van der Waals surface area contributed by atoms with E-state index in [1.165, 1.54) is 11.8 Å². The highest BCUT2D eigenvalue weighted by Gasteiger charge is 2.17. The smallest absolute Gasteiger partial charge is 0.316 e. The zero-order valence-corrected chi connectivity index (χ0v) is 12.6. The van der Waals surface area contributed by atoms with Gasteiger partial charge in [0, 0.05) is 0 Å². The number of carbonyl (C=O) groups excluding carboxylic acids is 1. The Labute approximate surface area is 122 Å². The molecule has 0 bridgehead atoms. The van der Waals surface area contributed by atoms with Crippen LogP contribution in [0.5, 0.6) is 0 Å². The summed E-state index contributed by atoms with van der Waals surface area (Å²) in [5.74, 6) is -0.0608. The van der Waals surface area contributed by atoms with Crippen molar-refractivity contribution in [1.29, 1.82) is 0 Å². The number of esters is 1. The van der Waals surface area contributed by atoms with Crippen LogP contribution < -0.4 is 0 Å². The lowest BCUT2D eigenvalue weighted by atomic mass is 10.2. The van der Waals surface area contributed by atoms with Gasteiger partial charge in [-0.25, -0.2) is 9.67 Å². The van der Waals surface area contributed by atoms with Crippen molar-refractivity contribution >= 4 is 17.7 Å². The summed E-state index contributed by atoms with van der Waals surface area (Å²) in [5.41, 5.74) is 0.471. The number of ether oxygens (including phenoxy) is 1. The number of hydrogen-bond acceptors (Lipinski definition) is 5. The van der Waals surface area contributed by atoms with Crippen LogP contribution in [0.2, 0.25) is 0 Å². The molecule has 2 aromatic rings. The molecule has 0 fully saturated rings. The average Bonchev–Trinajstić information content (AvgIpc) is 2.84. The predicted molar refractivity (Wildman–Crippen MR) is 77.9 cm³/mol. The second kappa shape index (κ2) is 6.09. The van der Waals surface area contributed by atoms with E-state index in [9.17, 15) is 4.79 Å². The SMILES string of the molecule is CC(C)(C)OC(=O)CSc1ncn(-c2ccccc2)n1. The Kier molecular flexibility index (Phi) is 4.44. The third-order valence-electron chi connectivity index (χ3n) is 2.23. The number of aromatic nitrogens is 3. The van der Waals surface area contributed by atoms with Gasteiger partial charge < -0.3 is 4.74 Å². The minimum atomic E-state index is -0.464. The first kappa shape index (κ1) is 14.6. The zero-order chi connectivity index (χ0) is 14.6. The van der Waals surface area contributed by atoms with Crippen LogP contribution in [0.15, 0.2) is 41.8 Å². The van der Waals surface area contributed by atoms with Crippen molar-refractivity contribution in [1.82, 2.24) is 14.8 Å². The van der Waals surface area contributed by atoms with E-state index in [1.807, 2.05) is 51.1 Å². The maximum absolute atomic E-state index is 11.6. The van der Waals surface area contributed by atoms with E-state index < -0.39 is 5.60 Å². The highest BCUT2D eigenvalue weighted by Crippen LogP contribution is 2.16. The number of thioether (sulfide) groups is 1. The molecule has 5 nitrogen and oxygen atoms in total. The fraction of sp³-hybridized carbons (Fsp3) is 0.357. The van der Waals surface area contributed by atoms with Gasteiger partial charge in [0.15, 0.2) is 0 Å². The highest BCUT2D eigenvalue weighted by molar-refractivity contribution is 7.99. The van der Waals surface area contributed by atoms with Gasteiger partial charge in [0.2, 0.25) is 5.16 Å². The summed E-state index contributed by atoms with van der Waals surface area (Å²) in [5, 5.41) is 4.86. The van der Waals surface area contributed by atoms with Gasteiger partial charge in [-0.05, 0) is 32.9 Å². The van der Waals surface area contributed by atoms with Crippen molar-refractivity contribution < 1.29 is 9.53 Å². The minimum absolute atomic E-state index is 0.204. The van der Waals surface area contributed by atoms with E-state index in [0.717, 1.165) is 5.69 Å². The molecular weight excluding hydrogens is 274 g/mol. The third-order valence-corrected chi connectivity index (χ3v) is 3.06. The summed E-state index contributed by atoms with van der Waals surface area (Å²) in [6.45, 7) is 5.54. The van der Waals surface area contributed by atoms with Crippen LogP contribution in [-0.2, 0) is 9.53 Å². The number of benzene rings is 1. The molecule has 0 aliphatic heterocycles. The molecule has 0 aliphatic rings. The Morgan fingerprint density at radius 1 is 1.30 bits per heavy atom. The van der Waals surface area contributed by atoms with Crippen molar-refractivity contribution in [3.8, 4) is 5.69 Å². The second-order valence-electron chi connectivity index (χ2n) is 5.18. The molecule has 0 spiro atoms. The number of nitrogens with zero attached hydrogens (tertiary/aromatic N) is 3. The van der Waals surface area contributed by atoms with E-state index in [1.54, 1.807) is 11.0 Å². The molecule has 0 saturated carbocycles. The van der Waals surface area contributed by atoms with E-state index >= 15 is 0 Å². The minimum Gasteiger partial charge on any atom is -0.459 e. The Morgan fingerprint density at radius 3 is 2.65 bits per heavy atom. The van der Waals surface area contributed by atoms with Crippen LogP contribution in [0.1, 0.15) is 20.8 Å². The monoisotopic (exact) mass is 291 g/mol. The Balaban J connectivity index is 1.92. The maximum atomic E-state index is 11.6. The zero-order valence-electron chi connectivity index (χ0n) is 11.7. The first-order valence-electron chi connectivity index (χ1n) is 6.26. The van der Waals surface area contributed by atoms with Crippen molar-refractivity contribution in [3.05, 3.63) is 36.7 Å². The van der Waals surface area contributed by atoms with Gasteiger partial charge in [-0.2, -0.15) is 0 Å². The Bertz CT molecular complexity index is 576. The largest absolute Gasteiger partial charge is 0.459 e. The first-order chi connectivity index (χ1) is 9.44. The van der Waals surface area contributed by atoms with Gasteiger partial charge in [0.1, 0.15) is 11.9 Å². The average molecular weight is 291 g/mol. The third kappa shape index (κ3) is 4.38. The molecule has 0 saturated heterocycles. The molecule has 0 atom stereocenters. The van der Waals surface area contributed by atoms with Gasteiger partial charge in [-0.3, -0.25) is 4.79 Å². The Hall–Kier alpha value is -1.82. The highest BCUT2D eigenvalue weighted by atomic mass is 32.2. The predicted octanol–water partition coefficient (Wildman–Crippen LogP) is 2.70. The lowest BCUT2D eigenvalue weighted by Gasteiger charge is -2.18. The van der Waals surface area contributed by atoms with Crippen molar-refractivity contribution in [2.24, 2.45) is 0 Å². The Morgan fingerprint density at radius 2 is 2.00 bits per heavy atom. The second-order valence-corrected chi connectivity index (χ2v) is 6.12. The van der Waals surface area contributed by atoms with E-state index in [2.05, 4.69) is 10.1 Å². The molecule has 20 heavy (non-hydrogen) atoms. The van der Waals surface area contributed by atoms with Crippen LogP contribution in [0.25, 0.3) is 5.69 Å². The molecule has 2 rings (SSSR count). The normalized spacial score (nSPS) is 11.3. The first-order valence-corrected chi connectivity index (χ1v) is 7.24. The molecule has 1 heterocycles. The van der Waals surface area contributed by atoms with Crippen LogP contribution in [0.3, 0.4) is 0 Å². The molecular formula is C14H17N3O2S. The fourth-order valence-corrected chi connectivity index (χ4v) is 2.09. The van der Waals surface area contributed by atoms with Gasteiger partial charge in [-0.1, -0.05) is 30.0 Å². The summed E-state index contributed by atoms with van der Waals surface area (Å²) < 4.78 is 6.91. The number of rotatable bonds is 4. The van der Waals surface area contributed by atoms with Gasteiger partial charge in [-0.15, -0.1) is 5.10 Å². The number of para-hydroxylation sites is 1. The summed E-state index contributed by atoms with van der Waals surface area (Å²) >= 11 is 1.27. The van der Waals surface area contributed by atoms with Crippen molar-refractivity contribution in [2.75, 3.05) is 5.75 Å². The van der Waals surface area contributed by atoms with Gasteiger partial charge >= 0.3 is 5.97 Å². The molecule has 0 N–H and O–H groups in total. The van der Waals surface area contributed by atoms with Gasteiger partial charge in [0.05, 0.1) is 11.4 Å². The molecule has 0 amide bonds. The van der Waals surface area contributed by atoms with Crippen LogP contribution in [0, 0.1) is 0 Å². The van der Waals surface area contributed by atoms with Crippen LogP contribution in [0.4, 0.5) is 0 Å². The van der Waals surface area contributed by atoms with Crippen molar-refractivity contribution in [2.45, 2.75) is 31.5 Å². The molecule has 1 aromatic heterocycles. The van der Waals surface area contributed by atoms with Gasteiger partial charge in [0.25, 0.3) is 0 Å². The standard InChI is InChI=1S/C14H17N3O2S/c1-14(2,3)19-12(18)9-20-13-15-10-17(16-13)11-7-5-4-6-8-11/h4-8,10H,9H2,1-3H3. The molecule has 1 aromatic carbocycles. The van der Waals surface area contributed by atoms with Crippen molar-refractivity contribution in [3.63, 3.8) is 0 Å². The maximum Gasteiger partial charge on any atom is 0.316 e. The van der Waals surface area contributed by atoms with Crippen LogP contribution in [-0.4, -0.2) is 32.1 Å². The lowest BCUT2D eigenvalue weighted by Crippen LogP contribution is -2.24. The summed E-state index contributed by atoms with van der Waals surface area (Å²) in [6.07, 6.45) is 1.63. The molecule has 6 heteroatoms. The molecule has 0 unspecified atom stereocenters. The summed E-state index contributed by atoms with van der Waals surface area (Å²) in [6, 6.07) is 9.70. The number of carbonyl (C=O) groups is 1. The van der Waals surface area contributed by atoms with E-state index in [4.69, 9.17) is 4.74 Å². The quantitative estimate of drug-likeness (QED) is 0.640. The molecule has 0 aliphatic carbocycles. The molecule has 0 radical (unpaired) electrons. The number of hydrogen-bond donors (Lipinski definition) is 0. The van der Waals surface area contributed by atoms with Crippen LogP contribution >= 0.6 is 11.8 Å². The van der Waals surface area contributed by atoms with E-state index in [-0.39, 0.29) is 11.7 Å². The molecule has 106 valence electrons. The lowest BCUT2D eigenvalue weighted by molar-refractivity contribution is -0.151. The summed E-state index contributed by atoms with van der Waals surface area (Å²) in [4.78, 5) is 15.8. The van der Waals surface area contributed by atoms with E-state index in [0.29, 0.717) is 5.16 Å².